The summed E-state index contributed by atoms with van der Waals surface area (Å²) in [5, 5.41) is 11.1. The zero-order valence-corrected chi connectivity index (χ0v) is 22.1. The molecular weight excluding hydrogens is 492 g/mol. The zero-order valence-electron chi connectivity index (χ0n) is 21.3. The smallest absolute Gasteiger partial charge is 0.290 e. The number of nitrogens with zero attached hydrogens (tertiary/aromatic N) is 4. The number of ether oxygens (including phenoxy) is 2. The van der Waals surface area contributed by atoms with E-state index in [1.54, 1.807) is 25.3 Å². The molecule has 1 unspecified atom stereocenters. The number of hydrogen-bond donors (Lipinski definition) is 1. The third-order valence-corrected chi connectivity index (χ3v) is 7.79. The number of carbonyl (C=O) groups is 2. The number of aliphatic hydroxyl groups is 1. The molecule has 0 saturated heterocycles. The number of Topliss-reactive ketones (excluding diaryl/α,β-unsaturated/α-hetero) is 1. The molecule has 1 N–H and O–H groups in total. The number of fused-ring (bicyclic) bond motifs is 3. The molecule has 4 aromatic rings. The van der Waals surface area contributed by atoms with E-state index in [1.807, 2.05) is 54.6 Å². The minimum Gasteiger partial charge on any atom is -0.503 e. The average Bonchev–Trinajstić information content (AvgIpc) is 3.50. The molecule has 0 saturated carbocycles. The van der Waals surface area contributed by atoms with Gasteiger partial charge in [0.05, 0.1) is 41.7 Å². The Morgan fingerprint density at radius 2 is 1.86 bits per heavy atom. The Balaban J connectivity index is 1.64. The molecule has 10 heteroatoms. The van der Waals surface area contributed by atoms with Crippen LogP contribution in [0.15, 0.2) is 53.8 Å². The molecule has 0 fully saturated rings. The van der Waals surface area contributed by atoms with Crippen LogP contribution in [0.25, 0.3) is 16.0 Å². The van der Waals surface area contributed by atoms with Crippen molar-refractivity contribution in [2.75, 3.05) is 41.4 Å². The quantitative estimate of drug-likeness (QED) is 0.351. The summed E-state index contributed by atoms with van der Waals surface area (Å²) in [5.74, 6) is -0.502. The third kappa shape index (κ3) is 4.02. The van der Waals surface area contributed by atoms with Crippen molar-refractivity contribution in [1.29, 1.82) is 0 Å². The number of aromatic nitrogens is 2. The van der Waals surface area contributed by atoms with Crippen LogP contribution in [-0.2, 0) is 4.79 Å². The molecule has 2 aromatic carbocycles. The second-order valence-electron chi connectivity index (χ2n) is 9.15. The van der Waals surface area contributed by atoms with Gasteiger partial charge in [0.1, 0.15) is 0 Å². The highest BCUT2D eigenvalue weighted by Gasteiger charge is 2.44. The standard InChI is InChI=1S/C27H28N4O5S/c1-15-25(37-27-28-17-8-6-7-9-18(17)31(15)27)23(32)21-22(16-10-11-19(35-4)20(14-16)36-5)30(13-12-29(2)3)26(34)24(21)33/h6-11,14,22,33H,12-13H2,1-5H3. The molecule has 0 spiro atoms. The molecule has 37 heavy (non-hydrogen) atoms. The summed E-state index contributed by atoms with van der Waals surface area (Å²) >= 11 is 1.25. The first kappa shape index (κ1) is 24.8. The minimum atomic E-state index is -0.787. The van der Waals surface area contributed by atoms with E-state index in [9.17, 15) is 14.7 Å². The van der Waals surface area contributed by atoms with Crippen molar-refractivity contribution in [2.24, 2.45) is 0 Å². The van der Waals surface area contributed by atoms with Gasteiger partial charge in [-0.05, 0) is 50.8 Å². The summed E-state index contributed by atoms with van der Waals surface area (Å²) in [7, 11) is 6.88. The predicted molar refractivity (Wildman–Crippen MR) is 142 cm³/mol. The van der Waals surface area contributed by atoms with Crippen LogP contribution < -0.4 is 9.47 Å². The Bertz CT molecular complexity index is 1570. The van der Waals surface area contributed by atoms with Crippen LogP contribution in [0.2, 0.25) is 0 Å². The lowest BCUT2D eigenvalue weighted by molar-refractivity contribution is -0.129. The fourth-order valence-electron chi connectivity index (χ4n) is 4.79. The number of aryl methyl sites for hydroxylation is 1. The van der Waals surface area contributed by atoms with Crippen molar-refractivity contribution in [3.05, 3.63) is 69.9 Å². The minimum absolute atomic E-state index is 0.0490. The molecule has 0 bridgehead atoms. The van der Waals surface area contributed by atoms with Gasteiger partial charge in [-0.3, -0.25) is 14.0 Å². The first-order chi connectivity index (χ1) is 17.8. The SMILES string of the molecule is COc1ccc(C2C(C(=O)c3sc4nc5ccccc5n4c3C)=C(O)C(=O)N2CCN(C)C)cc1OC. The van der Waals surface area contributed by atoms with Gasteiger partial charge in [0.25, 0.3) is 5.91 Å². The van der Waals surface area contributed by atoms with E-state index >= 15 is 0 Å². The number of thiazole rings is 1. The van der Waals surface area contributed by atoms with Crippen LogP contribution in [0.5, 0.6) is 11.5 Å². The lowest BCUT2D eigenvalue weighted by Crippen LogP contribution is -2.36. The lowest BCUT2D eigenvalue weighted by atomic mass is 9.94. The van der Waals surface area contributed by atoms with Crippen molar-refractivity contribution < 1.29 is 24.2 Å². The number of rotatable bonds is 8. The molecule has 192 valence electrons. The van der Waals surface area contributed by atoms with Crippen LogP contribution >= 0.6 is 11.3 Å². The summed E-state index contributed by atoms with van der Waals surface area (Å²) in [6.07, 6.45) is 0. The number of imidazole rings is 1. The van der Waals surface area contributed by atoms with Gasteiger partial charge in [-0.25, -0.2) is 4.98 Å². The number of hydrogen-bond acceptors (Lipinski definition) is 8. The summed E-state index contributed by atoms with van der Waals surface area (Å²) in [6, 6.07) is 12.2. The fourth-order valence-corrected chi connectivity index (χ4v) is 5.88. The molecule has 9 nitrogen and oxygen atoms in total. The molecule has 5 rings (SSSR count). The molecule has 1 atom stereocenters. The molecule has 2 aromatic heterocycles. The van der Waals surface area contributed by atoms with E-state index in [4.69, 9.17) is 9.47 Å². The number of aliphatic hydroxyl groups excluding tert-OH is 1. The first-order valence-electron chi connectivity index (χ1n) is 11.8. The van der Waals surface area contributed by atoms with E-state index in [2.05, 4.69) is 4.98 Å². The van der Waals surface area contributed by atoms with Crippen LogP contribution in [0.1, 0.15) is 27.0 Å². The average molecular weight is 521 g/mol. The largest absolute Gasteiger partial charge is 0.503 e. The molecule has 1 aliphatic rings. The Labute approximate surface area is 218 Å². The maximum absolute atomic E-state index is 14.1. The van der Waals surface area contributed by atoms with Gasteiger partial charge in [0.15, 0.2) is 22.2 Å². The molecule has 0 radical (unpaired) electrons. The zero-order chi connectivity index (χ0) is 26.4. The van der Waals surface area contributed by atoms with Gasteiger partial charge in [-0.1, -0.05) is 29.5 Å². The van der Waals surface area contributed by atoms with Crippen molar-refractivity contribution >= 4 is 39.0 Å². The highest BCUT2D eigenvalue weighted by atomic mass is 32.1. The van der Waals surface area contributed by atoms with Gasteiger partial charge in [-0.2, -0.15) is 0 Å². The van der Waals surface area contributed by atoms with Crippen molar-refractivity contribution in [3.8, 4) is 11.5 Å². The highest BCUT2D eigenvalue weighted by Crippen LogP contribution is 2.43. The molecule has 3 heterocycles. The van der Waals surface area contributed by atoms with Gasteiger partial charge >= 0.3 is 0 Å². The van der Waals surface area contributed by atoms with Crippen LogP contribution in [0.4, 0.5) is 0 Å². The summed E-state index contributed by atoms with van der Waals surface area (Å²) in [5.41, 5.74) is 3.14. The number of likely N-dealkylation sites (N-methyl/N-ethyl adjacent to an activating group) is 1. The molecule has 1 aliphatic heterocycles. The van der Waals surface area contributed by atoms with E-state index in [1.165, 1.54) is 23.3 Å². The number of ketones is 1. The third-order valence-electron chi connectivity index (χ3n) is 6.65. The Morgan fingerprint density at radius 3 is 2.57 bits per heavy atom. The fraction of sp³-hybridized carbons (Fsp3) is 0.296. The number of methoxy groups -OCH3 is 2. The van der Waals surface area contributed by atoms with Crippen LogP contribution in [0.3, 0.4) is 0 Å². The summed E-state index contributed by atoms with van der Waals surface area (Å²) in [4.78, 5) is 36.6. The Morgan fingerprint density at radius 1 is 1.14 bits per heavy atom. The van der Waals surface area contributed by atoms with E-state index in [0.717, 1.165) is 11.0 Å². The lowest BCUT2D eigenvalue weighted by Gasteiger charge is -2.28. The monoisotopic (exact) mass is 520 g/mol. The van der Waals surface area contributed by atoms with Crippen molar-refractivity contribution in [2.45, 2.75) is 13.0 Å². The maximum atomic E-state index is 14.1. The van der Waals surface area contributed by atoms with Gasteiger partial charge < -0.3 is 24.4 Å². The van der Waals surface area contributed by atoms with E-state index in [0.29, 0.717) is 45.7 Å². The van der Waals surface area contributed by atoms with Crippen molar-refractivity contribution in [1.82, 2.24) is 19.2 Å². The number of para-hydroxylation sites is 2. The summed E-state index contributed by atoms with van der Waals surface area (Å²) < 4.78 is 12.8. The molecule has 1 amide bonds. The van der Waals surface area contributed by atoms with Gasteiger partial charge in [0.2, 0.25) is 5.78 Å². The Kier molecular flexibility index (Phi) is 6.38. The maximum Gasteiger partial charge on any atom is 0.290 e. The van der Waals surface area contributed by atoms with E-state index in [-0.39, 0.29) is 5.57 Å². The normalized spacial score (nSPS) is 16.0. The number of amides is 1. The Hall–Kier alpha value is -3.89. The second-order valence-corrected chi connectivity index (χ2v) is 10.1. The van der Waals surface area contributed by atoms with Crippen LogP contribution in [-0.4, -0.2) is 77.4 Å². The highest BCUT2D eigenvalue weighted by molar-refractivity contribution is 7.19. The van der Waals surface area contributed by atoms with Gasteiger partial charge in [0, 0.05) is 18.8 Å². The van der Waals surface area contributed by atoms with Gasteiger partial charge in [-0.15, -0.1) is 0 Å². The predicted octanol–water partition coefficient (Wildman–Crippen LogP) is 4.01. The summed E-state index contributed by atoms with van der Waals surface area (Å²) in [6.45, 7) is 2.74. The van der Waals surface area contributed by atoms with Crippen LogP contribution in [0, 0.1) is 6.92 Å². The van der Waals surface area contributed by atoms with E-state index < -0.39 is 23.5 Å². The second kappa shape index (κ2) is 9.53. The first-order valence-corrected chi connectivity index (χ1v) is 12.6. The number of carbonyl (C=O) groups excluding carboxylic acids is 2. The molecule has 0 aliphatic carbocycles. The van der Waals surface area contributed by atoms with Crippen molar-refractivity contribution in [3.63, 3.8) is 0 Å². The number of benzene rings is 2. The topological polar surface area (TPSA) is 96.6 Å². The molecular formula is C27H28N4O5S.